The summed E-state index contributed by atoms with van der Waals surface area (Å²) in [7, 11) is 0. The van der Waals surface area contributed by atoms with E-state index in [1.54, 1.807) is 0 Å². The second-order valence-corrected chi connectivity index (χ2v) is 6.88. The summed E-state index contributed by atoms with van der Waals surface area (Å²) in [5.41, 5.74) is 3.00. The summed E-state index contributed by atoms with van der Waals surface area (Å²) in [5, 5.41) is 8.92. The minimum atomic E-state index is 0.630. The van der Waals surface area contributed by atoms with Crippen molar-refractivity contribution in [2.75, 3.05) is 44.2 Å². The standard InChI is InChI=1S/C19H22ClN5O/c20-16-6-8-17(9-7-16)24-13-11-23(12-14-24)10-3-15-26-25-19-5-2-1-4-18(19)21-22-25/h1-2,4-9H,3,10-15H2. The van der Waals surface area contributed by atoms with Crippen LogP contribution < -0.4 is 9.74 Å². The molecule has 0 saturated carbocycles. The number of anilines is 1. The summed E-state index contributed by atoms with van der Waals surface area (Å²) in [5.74, 6) is 0. The molecule has 7 heteroatoms. The van der Waals surface area contributed by atoms with E-state index >= 15 is 0 Å². The quantitative estimate of drug-likeness (QED) is 0.623. The third-order valence-electron chi connectivity index (χ3n) is 4.72. The molecule has 2 aromatic carbocycles. The Bertz CT molecular complexity index is 843. The molecule has 2 heterocycles. The first-order valence-electron chi connectivity index (χ1n) is 8.96. The Hall–Kier alpha value is -2.31. The molecule has 1 aliphatic rings. The highest BCUT2D eigenvalue weighted by Gasteiger charge is 2.16. The van der Waals surface area contributed by atoms with Crippen LogP contribution in [0.15, 0.2) is 48.5 Å². The summed E-state index contributed by atoms with van der Waals surface area (Å²) in [6, 6.07) is 15.9. The number of fused-ring (bicyclic) bond motifs is 1. The van der Waals surface area contributed by atoms with Gasteiger partial charge in [-0.15, -0.1) is 5.10 Å². The van der Waals surface area contributed by atoms with E-state index in [1.807, 2.05) is 36.4 Å². The molecule has 1 saturated heterocycles. The summed E-state index contributed by atoms with van der Waals surface area (Å²) >= 11 is 5.97. The van der Waals surface area contributed by atoms with Gasteiger partial charge in [0.05, 0.1) is 0 Å². The molecule has 1 fully saturated rings. The number of hydrogen-bond donors (Lipinski definition) is 0. The molecule has 0 bridgehead atoms. The number of halogens is 1. The Morgan fingerprint density at radius 2 is 1.73 bits per heavy atom. The van der Waals surface area contributed by atoms with E-state index in [0.29, 0.717) is 6.61 Å². The third-order valence-corrected chi connectivity index (χ3v) is 4.97. The second-order valence-electron chi connectivity index (χ2n) is 6.44. The van der Waals surface area contributed by atoms with Gasteiger partial charge in [0, 0.05) is 43.4 Å². The molecule has 3 aromatic rings. The first-order chi connectivity index (χ1) is 12.8. The van der Waals surface area contributed by atoms with Crippen molar-refractivity contribution in [1.82, 2.24) is 20.1 Å². The van der Waals surface area contributed by atoms with Crippen LogP contribution >= 0.6 is 11.6 Å². The fourth-order valence-electron chi connectivity index (χ4n) is 3.26. The maximum atomic E-state index is 5.97. The van der Waals surface area contributed by atoms with E-state index in [4.69, 9.17) is 16.4 Å². The van der Waals surface area contributed by atoms with Gasteiger partial charge >= 0.3 is 0 Å². The highest BCUT2D eigenvalue weighted by molar-refractivity contribution is 6.30. The average molecular weight is 372 g/mol. The molecule has 0 atom stereocenters. The van der Waals surface area contributed by atoms with Crippen molar-refractivity contribution in [2.24, 2.45) is 0 Å². The summed E-state index contributed by atoms with van der Waals surface area (Å²) in [6.07, 6.45) is 0.967. The van der Waals surface area contributed by atoms with Gasteiger partial charge in [0.25, 0.3) is 0 Å². The number of nitrogens with zero attached hydrogens (tertiary/aromatic N) is 5. The van der Waals surface area contributed by atoms with Crippen molar-refractivity contribution in [3.63, 3.8) is 0 Å². The monoisotopic (exact) mass is 371 g/mol. The number of aromatic nitrogens is 3. The number of rotatable bonds is 6. The second kappa shape index (κ2) is 7.93. The maximum absolute atomic E-state index is 5.97. The minimum Gasteiger partial charge on any atom is -0.395 e. The van der Waals surface area contributed by atoms with Crippen LogP contribution in [0, 0.1) is 0 Å². The smallest absolute Gasteiger partial charge is 0.130 e. The number of hydrogen-bond acceptors (Lipinski definition) is 5. The van der Waals surface area contributed by atoms with Gasteiger partial charge in [0.1, 0.15) is 17.6 Å². The maximum Gasteiger partial charge on any atom is 0.130 e. The molecular weight excluding hydrogens is 350 g/mol. The molecule has 0 spiro atoms. The van der Waals surface area contributed by atoms with Crippen LogP contribution in [0.25, 0.3) is 11.0 Å². The fraction of sp³-hybridized carbons (Fsp3) is 0.368. The van der Waals surface area contributed by atoms with Gasteiger partial charge in [-0.05, 0) is 48.0 Å². The SMILES string of the molecule is Clc1ccc(N2CCN(CCCOn3nnc4ccccc43)CC2)cc1. The zero-order valence-corrected chi connectivity index (χ0v) is 15.3. The van der Waals surface area contributed by atoms with Crippen molar-refractivity contribution in [1.29, 1.82) is 0 Å². The summed E-state index contributed by atoms with van der Waals surface area (Å²) < 4.78 is 0. The van der Waals surface area contributed by atoms with Crippen molar-refractivity contribution in [3.8, 4) is 0 Å². The highest BCUT2D eigenvalue weighted by atomic mass is 35.5. The van der Waals surface area contributed by atoms with Crippen molar-refractivity contribution in [3.05, 3.63) is 53.6 Å². The number of piperazine rings is 1. The Labute approximate surface area is 157 Å². The van der Waals surface area contributed by atoms with Gasteiger partial charge < -0.3 is 9.74 Å². The lowest BCUT2D eigenvalue weighted by Gasteiger charge is -2.36. The molecule has 0 aliphatic carbocycles. The molecule has 4 rings (SSSR count). The molecule has 0 amide bonds. The molecule has 6 nitrogen and oxygen atoms in total. The van der Waals surface area contributed by atoms with Crippen LogP contribution in [-0.2, 0) is 0 Å². The third kappa shape index (κ3) is 3.92. The fourth-order valence-corrected chi connectivity index (χ4v) is 3.39. The predicted molar refractivity (Wildman–Crippen MR) is 104 cm³/mol. The first kappa shape index (κ1) is 17.1. The van der Waals surface area contributed by atoms with Gasteiger partial charge in [0.2, 0.25) is 0 Å². The first-order valence-corrected chi connectivity index (χ1v) is 9.34. The van der Waals surface area contributed by atoms with Crippen LogP contribution in [0.5, 0.6) is 0 Å². The van der Waals surface area contributed by atoms with Crippen LogP contribution in [0.1, 0.15) is 6.42 Å². The Morgan fingerprint density at radius 3 is 2.54 bits per heavy atom. The van der Waals surface area contributed by atoms with Crippen molar-refractivity contribution in [2.45, 2.75) is 6.42 Å². The van der Waals surface area contributed by atoms with Crippen LogP contribution in [0.3, 0.4) is 0 Å². The Balaban J connectivity index is 1.20. The molecule has 0 unspecified atom stereocenters. The van der Waals surface area contributed by atoms with E-state index in [-0.39, 0.29) is 0 Å². The zero-order chi connectivity index (χ0) is 17.8. The molecule has 1 aliphatic heterocycles. The molecule has 136 valence electrons. The van der Waals surface area contributed by atoms with Crippen LogP contribution in [0.2, 0.25) is 5.02 Å². The lowest BCUT2D eigenvalue weighted by molar-refractivity contribution is 0.0785. The normalized spacial score (nSPS) is 15.5. The lowest BCUT2D eigenvalue weighted by Crippen LogP contribution is -2.46. The zero-order valence-electron chi connectivity index (χ0n) is 14.6. The van der Waals surface area contributed by atoms with E-state index in [0.717, 1.165) is 55.2 Å². The van der Waals surface area contributed by atoms with Gasteiger partial charge in [0.15, 0.2) is 0 Å². The van der Waals surface area contributed by atoms with E-state index in [2.05, 4.69) is 32.2 Å². The molecule has 1 aromatic heterocycles. The van der Waals surface area contributed by atoms with E-state index in [9.17, 15) is 0 Å². The van der Waals surface area contributed by atoms with Crippen molar-refractivity contribution >= 4 is 28.3 Å². The summed E-state index contributed by atoms with van der Waals surface area (Å²) in [4.78, 5) is 12.2. The largest absolute Gasteiger partial charge is 0.395 e. The average Bonchev–Trinajstić information content (AvgIpc) is 3.10. The van der Waals surface area contributed by atoms with E-state index in [1.165, 1.54) is 10.5 Å². The van der Waals surface area contributed by atoms with Crippen LogP contribution in [-0.4, -0.2) is 59.4 Å². The van der Waals surface area contributed by atoms with Gasteiger partial charge in [-0.1, -0.05) is 28.6 Å². The lowest BCUT2D eigenvalue weighted by atomic mass is 10.2. The topological polar surface area (TPSA) is 46.4 Å². The predicted octanol–water partition coefficient (Wildman–Crippen LogP) is 2.73. The Kier molecular flexibility index (Phi) is 5.22. The van der Waals surface area contributed by atoms with Gasteiger partial charge in [-0.25, -0.2) is 0 Å². The molecular formula is C19H22ClN5O. The van der Waals surface area contributed by atoms with Crippen molar-refractivity contribution < 1.29 is 4.84 Å². The van der Waals surface area contributed by atoms with Gasteiger partial charge in [-0.2, -0.15) is 0 Å². The van der Waals surface area contributed by atoms with E-state index < -0.39 is 0 Å². The van der Waals surface area contributed by atoms with Crippen LogP contribution in [0.4, 0.5) is 5.69 Å². The highest BCUT2D eigenvalue weighted by Crippen LogP contribution is 2.19. The number of para-hydroxylation sites is 1. The number of benzene rings is 2. The van der Waals surface area contributed by atoms with Gasteiger partial charge in [-0.3, -0.25) is 4.90 Å². The molecule has 26 heavy (non-hydrogen) atoms. The summed E-state index contributed by atoms with van der Waals surface area (Å²) in [6.45, 7) is 5.86. The molecule has 0 N–H and O–H groups in total. The molecule has 0 radical (unpaired) electrons. The minimum absolute atomic E-state index is 0.630. The Morgan fingerprint density at radius 1 is 0.962 bits per heavy atom.